The van der Waals surface area contributed by atoms with Crippen LogP contribution >= 0.6 is 11.6 Å². The van der Waals surface area contributed by atoms with Gasteiger partial charge in [0.1, 0.15) is 11.3 Å². The molecule has 1 aromatic heterocycles. The summed E-state index contributed by atoms with van der Waals surface area (Å²) in [4.78, 5) is 27.1. The van der Waals surface area contributed by atoms with Crippen molar-refractivity contribution in [2.75, 3.05) is 19.7 Å². The number of aryl methyl sites for hydroxylation is 1. The zero-order valence-electron chi connectivity index (χ0n) is 18.2. The Balaban J connectivity index is 1.65. The lowest BCUT2D eigenvalue weighted by atomic mass is 9.95. The van der Waals surface area contributed by atoms with Crippen molar-refractivity contribution in [1.29, 1.82) is 0 Å². The Bertz CT molecular complexity index is 1190. The highest BCUT2D eigenvalue weighted by molar-refractivity contribution is 6.30. The van der Waals surface area contributed by atoms with E-state index in [1.807, 2.05) is 13.8 Å². The molecule has 1 fully saturated rings. The SMILES string of the molecule is CCOC(=O)C1CCN(Cc2c(O)ccc3c(C)c(-c4ccc(Cl)cc4)c(=O)oc23)CC1. The lowest BCUT2D eigenvalue weighted by Gasteiger charge is -2.31. The predicted molar refractivity (Wildman–Crippen MR) is 124 cm³/mol. The van der Waals surface area contributed by atoms with E-state index in [1.54, 1.807) is 36.4 Å². The summed E-state index contributed by atoms with van der Waals surface area (Å²) in [7, 11) is 0. The van der Waals surface area contributed by atoms with E-state index in [0.717, 1.165) is 16.5 Å². The molecule has 2 heterocycles. The van der Waals surface area contributed by atoms with E-state index in [-0.39, 0.29) is 17.6 Å². The Morgan fingerprint density at radius 3 is 2.53 bits per heavy atom. The molecule has 0 spiro atoms. The minimum atomic E-state index is -0.454. The molecule has 6 nitrogen and oxygen atoms in total. The van der Waals surface area contributed by atoms with Crippen molar-refractivity contribution in [3.05, 3.63) is 63.0 Å². The van der Waals surface area contributed by atoms with Gasteiger partial charge < -0.3 is 14.3 Å². The number of rotatable bonds is 5. The number of ether oxygens (including phenoxy) is 1. The molecule has 0 amide bonds. The number of halogens is 1. The second kappa shape index (κ2) is 9.35. The van der Waals surface area contributed by atoms with E-state index in [0.29, 0.717) is 60.8 Å². The zero-order valence-corrected chi connectivity index (χ0v) is 18.9. The quantitative estimate of drug-likeness (QED) is 0.435. The molecular formula is C25H26ClNO5. The van der Waals surface area contributed by atoms with Crippen molar-refractivity contribution in [1.82, 2.24) is 4.90 Å². The summed E-state index contributed by atoms with van der Waals surface area (Å²) < 4.78 is 10.9. The largest absolute Gasteiger partial charge is 0.507 e. The van der Waals surface area contributed by atoms with Crippen LogP contribution in [0.1, 0.15) is 30.9 Å². The summed E-state index contributed by atoms with van der Waals surface area (Å²) in [6, 6.07) is 10.5. The third-order valence-corrected chi connectivity index (χ3v) is 6.39. The molecule has 1 aliphatic rings. The van der Waals surface area contributed by atoms with Crippen LogP contribution in [0, 0.1) is 12.8 Å². The number of hydrogen-bond acceptors (Lipinski definition) is 6. The van der Waals surface area contributed by atoms with Gasteiger partial charge in [-0.05, 0) is 75.2 Å². The fraction of sp³-hybridized carbons (Fsp3) is 0.360. The molecule has 0 saturated carbocycles. The topological polar surface area (TPSA) is 80.0 Å². The average molecular weight is 456 g/mol. The first kappa shape index (κ1) is 22.4. The number of phenols is 1. The Morgan fingerprint density at radius 1 is 1.19 bits per heavy atom. The maximum Gasteiger partial charge on any atom is 0.344 e. The van der Waals surface area contributed by atoms with Gasteiger partial charge in [-0.2, -0.15) is 0 Å². The Labute approximate surface area is 191 Å². The number of phenolic OH excluding ortho intramolecular Hbond substituents is 1. The first-order chi connectivity index (χ1) is 15.4. The average Bonchev–Trinajstić information content (AvgIpc) is 2.78. The molecule has 1 N–H and O–H groups in total. The fourth-order valence-electron chi connectivity index (χ4n) is 4.38. The van der Waals surface area contributed by atoms with E-state index in [1.165, 1.54) is 0 Å². The number of carbonyl (C=O) groups is 1. The van der Waals surface area contributed by atoms with Crippen molar-refractivity contribution in [2.45, 2.75) is 33.2 Å². The molecule has 3 aromatic rings. The molecule has 4 rings (SSSR count). The summed E-state index contributed by atoms with van der Waals surface area (Å²) in [6.45, 7) is 5.91. The molecule has 0 atom stereocenters. The maximum absolute atomic E-state index is 12.9. The number of nitrogens with zero attached hydrogens (tertiary/aromatic N) is 1. The van der Waals surface area contributed by atoms with E-state index in [4.69, 9.17) is 20.8 Å². The van der Waals surface area contributed by atoms with Gasteiger partial charge in [-0.25, -0.2) is 4.79 Å². The molecule has 0 bridgehead atoms. The smallest absolute Gasteiger partial charge is 0.344 e. The Morgan fingerprint density at radius 2 is 1.88 bits per heavy atom. The first-order valence-corrected chi connectivity index (χ1v) is 11.2. The number of likely N-dealkylation sites (tertiary alicyclic amines) is 1. The van der Waals surface area contributed by atoms with Crippen molar-refractivity contribution < 1.29 is 19.1 Å². The number of hydrogen-bond donors (Lipinski definition) is 1. The summed E-state index contributed by atoms with van der Waals surface area (Å²) in [5.41, 5.74) is 2.54. The minimum absolute atomic E-state index is 0.0885. The fourth-order valence-corrected chi connectivity index (χ4v) is 4.50. The number of aromatic hydroxyl groups is 1. The van der Waals surface area contributed by atoms with E-state index in [2.05, 4.69) is 4.90 Å². The van der Waals surface area contributed by atoms with Crippen LogP contribution in [0.3, 0.4) is 0 Å². The highest BCUT2D eigenvalue weighted by atomic mass is 35.5. The van der Waals surface area contributed by atoms with Crippen LogP contribution in [-0.2, 0) is 16.1 Å². The molecule has 168 valence electrons. The highest BCUT2D eigenvalue weighted by Gasteiger charge is 2.27. The van der Waals surface area contributed by atoms with Gasteiger partial charge in [0.05, 0.1) is 23.7 Å². The monoisotopic (exact) mass is 455 g/mol. The standard InChI is InChI=1S/C25H26ClNO5/c1-3-31-24(29)17-10-12-27(13-11-17)14-20-21(28)9-8-19-15(2)22(25(30)32-23(19)20)16-4-6-18(26)7-5-16/h4-9,17,28H,3,10-14H2,1-2H3. The molecule has 1 saturated heterocycles. The van der Waals surface area contributed by atoms with Crippen LogP contribution in [0.5, 0.6) is 5.75 Å². The normalized spacial score (nSPS) is 15.2. The molecule has 32 heavy (non-hydrogen) atoms. The summed E-state index contributed by atoms with van der Waals surface area (Å²) in [5, 5.41) is 11.9. The lowest BCUT2D eigenvalue weighted by molar-refractivity contribution is -0.149. The van der Waals surface area contributed by atoms with Gasteiger partial charge >= 0.3 is 11.6 Å². The molecule has 0 radical (unpaired) electrons. The van der Waals surface area contributed by atoms with E-state index < -0.39 is 5.63 Å². The summed E-state index contributed by atoms with van der Waals surface area (Å²) in [5.74, 6) is -0.141. The van der Waals surface area contributed by atoms with Crippen molar-refractivity contribution >= 4 is 28.5 Å². The number of carbonyl (C=O) groups excluding carboxylic acids is 1. The van der Waals surface area contributed by atoms with Crippen molar-refractivity contribution in [3.63, 3.8) is 0 Å². The molecule has 0 aliphatic carbocycles. The van der Waals surface area contributed by atoms with Gasteiger partial charge in [0, 0.05) is 17.0 Å². The van der Waals surface area contributed by atoms with Crippen LogP contribution in [0.25, 0.3) is 22.1 Å². The number of piperidine rings is 1. The van der Waals surface area contributed by atoms with Crippen LogP contribution in [0.15, 0.2) is 45.6 Å². The van der Waals surface area contributed by atoms with Gasteiger partial charge in [0.25, 0.3) is 0 Å². The molecular weight excluding hydrogens is 430 g/mol. The molecule has 1 aliphatic heterocycles. The third kappa shape index (κ3) is 4.38. The number of fused-ring (bicyclic) bond motifs is 1. The van der Waals surface area contributed by atoms with Crippen LogP contribution < -0.4 is 5.63 Å². The Kier molecular flexibility index (Phi) is 6.53. The van der Waals surface area contributed by atoms with Gasteiger partial charge in [-0.3, -0.25) is 9.69 Å². The van der Waals surface area contributed by atoms with Crippen molar-refractivity contribution in [2.24, 2.45) is 5.92 Å². The molecule has 2 aromatic carbocycles. The predicted octanol–water partition coefficient (Wildman–Crippen LogP) is 4.90. The Hall–Kier alpha value is -2.83. The summed E-state index contributed by atoms with van der Waals surface area (Å²) in [6.07, 6.45) is 1.40. The van der Waals surface area contributed by atoms with E-state index in [9.17, 15) is 14.7 Å². The lowest BCUT2D eigenvalue weighted by Crippen LogP contribution is -2.36. The first-order valence-electron chi connectivity index (χ1n) is 10.8. The van der Waals surface area contributed by atoms with Gasteiger partial charge in [-0.1, -0.05) is 23.7 Å². The van der Waals surface area contributed by atoms with Crippen LogP contribution in [0.2, 0.25) is 5.02 Å². The zero-order chi connectivity index (χ0) is 22.8. The molecule has 7 heteroatoms. The highest BCUT2D eigenvalue weighted by Crippen LogP contribution is 2.34. The third-order valence-electron chi connectivity index (χ3n) is 6.14. The molecule has 0 unspecified atom stereocenters. The maximum atomic E-state index is 12.9. The van der Waals surface area contributed by atoms with Crippen LogP contribution in [0.4, 0.5) is 0 Å². The number of esters is 1. The van der Waals surface area contributed by atoms with Gasteiger partial charge in [-0.15, -0.1) is 0 Å². The van der Waals surface area contributed by atoms with E-state index >= 15 is 0 Å². The van der Waals surface area contributed by atoms with Crippen LogP contribution in [-0.4, -0.2) is 35.7 Å². The number of benzene rings is 2. The minimum Gasteiger partial charge on any atom is -0.507 e. The second-order valence-corrected chi connectivity index (χ2v) is 8.58. The van der Waals surface area contributed by atoms with Gasteiger partial charge in [0.2, 0.25) is 0 Å². The van der Waals surface area contributed by atoms with Gasteiger partial charge in [0.15, 0.2) is 0 Å². The summed E-state index contributed by atoms with van der Waals surface area (Å²) >= 11 is 5.99. The van der Waals surface area contributed by atoms with Crippen molar-refractivity contribution in [3.8, 4) is 16.9 Å². The second-order valence-electron chi connectivity index (χ2n) is 8.14.